The van der Waals surface area contributed by atoms with Crippen LogP contribution in [0.15, 0.2) is 36.7 Å². The van der Waals surface area contributed by atoms with Gasteiger partial charge in [0.1, 0.15) is 18.4 Å². The van der Waals surface area contributed by atoms with E-state index in [1.807, 2.05) is 6.07 Å². The topological polar surface area (TPSA) is 76.6 Å². The number of piperidine rings is 1. The van der Waals surface area contributed by atoms with Gasteiger partial charge in [-0.25, -0.2) is 14.4 Å². The molecule has 2 aromatic carbocycles. The molecule has 1 aliphatic carbocycles. The molecule has 1 aliphatic heterocycles. The molecule has 36 heavy (non-hydrogen) atoms. The molecule has 1 atom stereocenters. The lowest BCUT2D eigenvalue weighted by atomic mass is 9.89. The van der Waals surface area contributed by atoms with Crippen molar-refractivity contribution in [2.24, 2.45) is 0 Å². The van der Waals surface area contributed by atoms with E-state index in [4.69, 9.17) is 21.1 Å². The molecule has 0 unspecified atom stereocenters. The summed E-state index contributed by atoms with van der Waals surface area (Å²) in [5.41, 5.74) is 0.873. The molecule has 0 bridgehead atoms. The van der Waals surface area contributed by atoms with Gasteiger partial charge in [-0.15, -0.1) is 0 Å². The number of halogens is 2. The Morgan fingerprint density at radius 1 is 1.11 bits per heavy atom. The maximum Gasteiger partial charge on any atom is 0.165 e. The van der Waals surface area contributed by atoms with Crippen LogP contribution in [-0.2, 0) is 4.79 Å². The van der Waals surface area contributed by atoms with Gasteiger partial charge in [0.05, 0.1) is 35.5 Å². The molecule has 0 amide bonds. The molecule has 0 radical (unpaired) electrons. The first-order valence-corrected chi connectivity index (χ1v) is 12.9. The third kappa shape index (κ3) is 5.11. The number of carbonyl (C=O) groups is 1. The first-order valence-electron chi connectivity index (χ1n) is 12.5. The van der Waals surface area contributed by atoms with Crippen molar-refractivity contribution in [3.8, 4) is 11.5 Å². The number of anilines is 2. The summed E-state index contributed by atoms with van der Waals surface area (Å²) >= 11 is 5.94. The van der Waals surface area contributed by atoms with E-state index in [0.29, 0.717) is 34.3 Å². The van der Waals surface area contributed by atoms with Crippen LogP contribution in [0.5, 0.6) is 11.5 Å². The molecule has 190 valence electrons. The molecule has 5 rings (SSSR count). The molecule has 2 heterocycles. The maximum atomic E-state index is 14.5. The van der Waals surface area contributed by atoms with E-state index in [-0.39, 0.29) is 22.9 Å². The first-order chi connectivity index (χ1) is 17.6. The third-order valence-electron chi connectivity index (χ3n) is 7.28. The van der Waals surface area contributed by atoms with E-state index in [1.54, 1.807) is 25.3 Å². The van der Waals surface area contributed by atoms with E-state index in [1.165, 1.54) is 12.4 Å². The van der Waals surface area contributed by atoms with Crippen molar-refractivity contribution < 1.29 is 18.7 Å². The number of likely N-dealkylation sites (tertiary alicyclic amines) is 1. The van der Waals surface area contributed by atoms with E-state index in [0.717, 1.165) is 57.8 Å². The van der Waals surface area contributed by atoms with Gasteiger partial charge in [-0.2, -0.15) is 0 Å². The Bertz CT molecular complexity index is 1240. The van der Waals surface area contributed by atoms with Crippen LogP contribution in [0.1, 0.15) is 44.9 Å². The fourth-order valence-electron chi connectivity index (χ4n) is 5.40. The summed E-state index contributed by atoms with van der Waals surface area (Å²) < 4.78 is 26.5. The van der Waals surface area contributed by atoms with Crippen LogP contribution < -0.4 is 14.8 Å². The number of aldehydes is 1. The molecule has 7 nitrogen and oxygen atoms in total. The molecule has 3 aromatic rings. The van der Waals surface area contributed by atoms with Gasteiger partial charge in [0.15, 0.2) is 17.3 Å². The standard InChI is InChI=1S/C27H30ClFN4O3/c1-35-24-14-23-20(27(31-16-30-23)32-22-7-4-6-21(28)26(22)29)13-25(24)36-19-10-8-17(9-11-19)33-12-3-2-5-18(33)15-34/h4,6-7,13-19H,2-3,5,8-12H2,1H3,(H,30,31,32)/t17?,18-,19?/m0/s1. The average Bonchev–Trinajstić information content (AvgIpc) is 2.91. The molecule has 0 spiro atoms. The van der Waals surface area contributed by atoms with Gasteiger partial charge in [-0.1, -0.05) is 24.1 Å². The molecule has 1 saturated heterocycles. The van der Waals surface area contributed by atoms with Crippen molar-refractivity contribution >= 4 is 40.3 Å². The number of benzene rings is 2. The lowest BCUT2D eigenvalue weighted by molar-refractivity contribution is -0.115. The highest BCUT2D eigenvalue weighted by atomic mass is 35.5. The predicted octanol–water partition coefficient (Wildman–Crippen LogP) is 5.92. The molecule has 2 aliphatic rings. The smallest absolute Gasteiger partial charge is 0.165 e. The second-order valence-corrected chi connectivity index (χ2v) is 9.86. The fraction of sp³-hybridized carbons (Fsp3) is 0.444. The Balaban J connectivity index is 1.34. The van der Waals surface area contributed by atoms with Crippen LogP contribution in [-0.4, -0.2) is 53.0 Å². The van der Waals surface area contributed by atoms with Crippen LogP contribution in [0, 0.1) is 5.82 Å². The Kier molecular flexibility index (Phi) is 7.53. The van der Waals surface area contributed by atoms with Crippen molar-refractivity contribution in [1.82, 2.24) is 14.9 Å². The van der Waals surface area contributed by atoms with E-state index in [2.05, 4.69) is 20.2 Å². The van der Waals surface area contributed by atoms with Crippen molar-refractivity contribution in [1.29, 1.82) is 0 Å². The monoisotopic (exact) mass is 512 g/mol. The molecule has 1 N–H and O–H groups in total. The Hall–Kier alpha value is -2.97. The van der Waals surface area contributed by atoms with Gasteiger partial charge in [0.2, 0.25) is 0 Å². The SMILES string of the molecule is COc1cc2ncnc(Nc3cccc(Cl)c3F)c2cc1OC1CCC(N2CCCC[C@H]2C=O)CC1. The first kappa shape index (κ1) is 24.7. The van der Waals surface area contributed by atoms with E-state index in [9.17, 15) is 9.18 Å². The van der Waals surface area contributed by atoms with Crippen LogP contribution in [0.3, 0.4) is 0 Å². The zero-order valence-electron chi connectivity index (χ0n) is 20.3. The van der Waals surface area contributed by atoms with Crippen molar-refractivity contribution in [2.75, 3.05) is 19.0 Å². The van der Waals surface area contributed by atoms with E-state index >= 15 is 0 Å². The minimum atomic E-state index is -0.543. The highest BCUT2D eigenvalue weighted by Crippen LogP contribution is 2.38. The van der Waals surface area contributed by atoms with Gasteiger partial charge in [0.25, 0.3) is 0 Å². The summed E-state index contributed by atoms with van der Waals surface area (Å²) in [4.78, 5) is 22.6. The van der Waals surface area contributed by atoms with Crippen LogP contribution in [0.2, 0.25) is 5.02 Å². The number of nitrogens with zero attached hydrogens (tertiary/aromatic N) is 3. The zero-order chi connectivity index (χ0) is 25.1. The molecule has 1 saturated carbocycles. The second-order valence-electron chi connectivity index (χ2n) is 9.45. The third-order valence-corrected chi connectivity index (χ3v) is 7.57. The summed E-state index contributed by atoms with van der Waals surface area (Å²) in [5, 5.41) is 3.75. The molecular formula is C27H30ClFN4O3. The number of methoxy groups -OCH3 is 1. The number of carbonyl (C=O) groups excluding carboxylic acids is 1. The minimum Gasteiger partial charge on any atom is -0.493 e. The molecule has 2 fully saturated rings. The molecular weight excluding hydrogens is 483 g/mol. The minimum absolute atomic E-state index is 0.0312. The number of hydrogen-bond donors (Lipinski definition) is 1. The number of ether oxygens (including phenoxy) is 2. The Morgan fingerprint density at radius 2 is 1.94 bits per heavy atom. The van der Waals surface area contributed by atoms with Crippen LogP contribution in [0.4, 0.5) is 15.9 Å². The normalized spacial score (nSPS) is 22.8. The zero-order valence-corrected chi connectivity index (χ0v) is 21.0. The van der Waals surface area contributed by atoms with Gasteiger partial charge in [0, 0.05) is 17.5 Å². The van der Waals surface area contributed by atoms with Gasteiger partial charge in [-0.05, 0) is 63.3 Å². The van der Waals surface area contributed by atoms with Gasteiger partial charge < -0.3 is 19.6 Å². The van der Waals surface area contributed by atoms with E-state index < -0.39 is 5.82 Å². The highest BCUT2D eigenvalue weighted by Gasteiger charge is 2.32. The summed E-state index contributed by atoms with van der Waals surface area (Å²) in [7, 11) is 1.60. The number of rotatable bonds is 7. The highest BCUT2D eigenvalue weighted by molar-refractivity contribution is 6.31. The van der Waals surface area contributed by atoms with Crippen molar-refractivity contribution in [3.05, 3.63) is 47.5 Å². The van der Waals surface area contributed by atoms with Crippen LogP contribution >= 0.6 is 11.6 Å². The largest absolute Gasteiger partial charge is 0.493 e. The quantitative estimate of drug-likeness (QED) is 0.394. The average molecular weight is 513 g/mol. The van der Waals surface area contributed by atoms with Crippen molar-refractivity contribution in [3.63, 3.8) is 0 Å². The Labute approximate surface area is 215 Å². The maximum absolute atomic E-state index is 14.5. The van der Waals surface area contributed by atoms with Gasteiger partial charge >= 0.3 is 0 Å². The summed E-state index contributed by atoms with van der Waals surface area (Å²) in [5.74, 6) is 1.09. The summed E-state index contributed by atoms with van der Waals surface area (Å²) in [6, 6.07) is 8.90. The summed E-state index contributed by atoms with van der Waals surface area (Å²) in [6.45, 7) is 1.00. The van der Waals surface area contributed by atoms with Gasteiger partial charge in [-0.3, -0.25) is 4.90 Å². The number of aromatic nitrogens is 2. The lowest BCUT2D eigenvalue weighted by Gasteiger charge is -2.42. The Morgan fingerprint density at radius 3 is 2.72 bits per heavy atom. The molecule has 9 heteroatoms. The lowest BCUT2D eigenvalue weighted by Crippen LogP contribution is -2.49. The molecule has 1 aromatic heterocycles. The predicted molar refractivity (Wildman–Crippen MR) is 138 cm³/mol. The fourth-order valence-corrected chi connectivity index (χ4v) is 5.57. The summed E-state index contributed by atoms with van der Waals surface area (Å²) in [6.07, 6.45) is 9.62. The van der Waals surface area contributed by atoms with Crippen molar-refractivity contribution in [2.45, 2.75) is 63.1 Å². The van der Waals surface area contributed by atoms with Crippen LogP contribution in [0.25, 0.3) is 10.9 Å². The second kappa shape index (κ2) is 11.0. The number of hydrogen-bond acceptors (Lipinski definition) is 7. The number of fused-ring (bicyclic) bond motifs is 1. The number of nitrogens with one attached hydrogen (secondary N) is 1.